The van der Waals surface area contributed by atoms with Crippen LogP contribution in [0.3, 0.4) is 0 Å². The van der Waals surface area contributed by atoms with Crippen molar-refractivity contribution in [3.63, 3.8) is 0 Å². The molecule has 0 atom stereocenters. The molecular formula is C22H24ClN5O2. The fourth-order valence-corrected chi connectivity index (χ4v) is 3.16. The summed E-state index contributed by atoms with van der Waals surface area (Å²) < 4.78 is 7.53. The van der Waals surface area contributed by atoms with E-state index in [0.717, 1.165) is 5.56 Å². The van der Waals surface area contributed by atoms with Crippen molar-refractivity contribution in [3.8, 4) is 5.75 Å². The number of nitrogens with zero attached hydrogens (tertiary/aromatic N) is 5. The molecule has 156 valence electrons. The van der Waals surface area contributed by atoms with Gasteiger partial charge in [0, 0.05) is 23.7 Å². The Morgan fingerprint density at radius 2 is 2.07 bits per heavy atom. The standard InChI is InChI=1S/C22H24ClN5O2/c1-4-12-27(14-18-8-5-6-11-20(18)23)22(29)17-9-7-10-19(13-17)30-15-21-24-25-26-28(21)16(2)3/h4-11,13,16H,1,12,14-15H2,2-3H3. The summed E-state index contributed by atoms with van der Waals surface area (Å²) in [6.45, 7) is 8.75. The highest BCUT2D eigenvalue weighted by molar-refractivity contribution is 6.31. The summed E-state index contributed by atoms with van der Waals surface area (Å²) in [4.78, 5) is 14.8. The molecule has 0 spiro atoms. The van der Waals surface area contributed by atoms with Gasteiger partial charge in [-0.2, -0.15) is 0 Å². The molecule has 2 aromatic carbocycles. The zero-order valence-electron chi connectivity index (χ0n) is 17.0. The van der Waals surface area contributed by atoms with E-state index in [1.807, 2.05) is 38.1 Å². The Kier molecular flexibility index (Phi) is 7.19. The second-order valence-corrected chi connectivity index (χ2v) is 7.42. The van der Waals surface area contributed by atoms with Gasteiger partial charge in [-0.1, -0.05) is 41.9 Å². The highest BCUT2D eigenvalue weighted by atomic mass is 35.5. The molecule has 0 aliphatic rings. The number of aromatic nitrogens is 4. The molecular weight excluding hydrogens is 402 g/mol. The SMILES string of the molecule is C=CCN(Cc1ccccc1Cl)C(=O)c1cccc(OCc2nnnn2C(C)C)c1. The number of rotatable bonds is 9. The van der Waals surface area contributed by atoms with Gasteiger partial charge in [0.1, 0.15) is 12.4 Å². The van der Waals surface area contributed by atoms with Gasteiger partial charge in [-0.3, -0.25) is 4.79 Å². The predicted molar refractivity (Wildman–Crippen MR) is 115 cm³/mol. The van der Waals surface area contributed by atoms with Gasteiger partial charge >= 0.3 is 0 Å². The van der Waals surface area contributed by atoms with Gasteiger partial charge in [0.25, 0.3) is 5.91 Å². The number of halogens is 1. The third-order valence-corrected chi connectivity index (χ3v) is 4.82. The molecule has 0 saturated heterocycles. The van der Waals surface area contributed by atoms with Crippen LogP contribution in [0.1, 0.15) is 41.6 Å². The number of carbonyl (C=O) groups is 1. The quantitative estimate of drug-likeness (QED) is 0.477. The lowest BCUT2D eigenvalue weighted by Gasteiger charge is -2.22. The van der Waals surface area contributed by atoms with Gasteiger partial charge < -0.3 is 9.64 Å². The van der Waals surface area contributed by atoms with E-state index >= 15 is 0 Å². The van der Waals surface area contributed by atoms with Crippen molar-refractivity contribution in [3.05, 3.63) is 83.2 Å². The summed E-state index contributed by atoms with van der Waals surface area (Å²) in [6, 6.07) is 14.7. The van der Waals surface area contributed by atoms with Crippen molar-refractivity contribution in [1.82, 2.24) is 25.1 Å². The smallest absolute Gasteiger partial charge is 0.254 e. The normalized spacial score (nSPS) is 10.8. The highest BCUT2D eigenvalue weighted by Gasteiger charge is 2.17. The number of amides is 1. The number of benzene rings is 2. The summed E-state index contributed by atoms with van der Waals surface area (Å²) in [5.74, 6) is 1.05. The number of tetrazole rings is 1. The topological polar surface area (TPSA) is 73.1 Å². The first-order valence-corrected chi connectivity index (χ1v) is 10.0. The molecule has 1 aromatic heterocycles. The largest absolute Gasteiger partial charge is 0.486 e. The molecule has 0 radical (unpaired) electrons. The second-order valence-electron chi connectivity index (χ2n) is 7.02. The summed E-state index contributed by atoms with van der Waals surface area (Å²) in [6.07, 6.45) is 1.70. The van der Waals surface area contributed by atoms with Crippen molar-refractivity contribution in [2.45, 2.75) is 33.0 Å². The third kappa shape index (κ3) is 5.24. The first kappa shape index (κ1) is 21.5. The van der Waals surface area contributed by atoms with Crippen LogP contribution in [-0.4, -0.2) is 37.6 Å². The van der Waals surface area contributed by atoms with E-state index < -0.39 is 0 Å². The first-order valence-electron chi connectivity index (χ1n) is 9.62. The third-order valence-electron chi connectivity index (χ3n) is 4.45. The lowest BCUT2D eigenvalue weighted by atomic mass is 10.1. The number of hydrogen-bond donors (Lipinski definition) is 0. The molecule has 8 heteroatoms. The maximum atomic E-state index is 13.1. The maximum absolute atomic E-state index is 13.1. The van der Waals surface area contributed by atoms with E-state index in [4.69, 9.17) is 16.3 Å². The Morgan fingerprint density at radius 1 is 1.27 bits per heavy atom. The molecule has 30 heavy (non-hydrogen) atoms. The van der Waals surface area contributed by atoms with E-state index in [9.17, 15) is 4.79 Å². The van der Waals surface area contributed by atoms with Crippen LogP contribution in [0.4, 0.5) is 0 Å². The van der Waals surface area contributed by atoms with Gasteiger partial charge in [-0.15, -0.1) is 11.7 Å². The Labute approximate surface area is 180 Å². The minimum Gasteiger partial charge on any atom is -0.486 e. The van der Waals surface area contributed by atoms with Crippen molar-refractivity contribution in [2.75, 3.05) is 6.54 Å². The average Bonchev–Trinajstić information content (AvgIpc) is 3.22. The van der Waals surface area contributed by atoms with Gasteiger partial charge in [0.2, 0.25) is 0 Å². The fraction of sp³-hybridized carbons (Fsp3) is 0.273. The fourth-order valence-electron chi connectivity index (χ4n) is 2.97. The zero-order valence-corrected chi connectivity index (χ0v) is 17.8. The summed E-state index contributed by atoms with van der Waals surface area (Å²) in [5, 5.41) is 12.3. The molecule has 0 aliphatic heterocycles. The molecule has 0 unspecified atom stereocenters. The van der Waals surface area contributed by atoms with Gasteiger partial charge in [0.05, 0.1) is 6.04 Å². The van der Waals surface area contributed by atoms with Crippen molar-refractivity contribution in [2.24, 2.45) is 0 Å². The van der Waals surface area contributed by atoms with Crippen LogP contribution >= 0.6 is 11.6 Å². The summed E-state index contributed by atoms with van der Waals surface area (Å²) >= 11 is 6.27. The van der Waals surface area contributed by atoms with Crippen LogP contribution in [0.5, 0.6) is 5.75 Å². The van der Waals surface area contributed by atoms with Gasteiger partial charge in [0.15, 0.2) is 5.82 Å². The van der Waals surface area contributed by atoms with E-state index in [1.54, 1.807) is 39.9 Å². The van der Waals surface area contributed by atoms with Crippen LogP contribution in [0.15, 0.2) is 61.2 Å². The lowest BCUT2D eigenvalue weighted by Crippen LogP contribution is -2.30. The van der Waals surface area contributed by atoms with Crippen LogP contribution in [0.25, 0.3) is 0 Å². The molecule has 1 amide bonds. The molecule has 3 aromatic rings. The van der Waals surface area contributed by atoms with Crippen molar-refractivity contribution < 1.29 is 9.53 Å². The molecule has 0 aliphatic carbocycles. The van der Waals surface area contributed by atoms with E-state index in [0.29, 0.717) is 35.2 Å². The number of carbonyl (C=O) groups excluding carboxylic acids is 1. The van der Waals surface area contributed by atoms with Gasteiger partial charge in [-0.25, -0.2) is 4.68 Å². The minimum atomic E-state index is -0.132. The van der Waals surface area contributed by atoms with Crippen LogP contribution < -0.4 is 4.74 Å². The molecule has 1 heterocycles. The van der Waals surface area contributed by atoms with Crippen LogP contribution in [0.2, 0.25) is 5.02 Å². The molecule has 0 fully saturated rings. The van der Waals surface area contributed by atoms with Crippen molar-refractivity contribution >= 4 is 17.5 Å². The van der Waals surface area contributed by atoms with Crippen LogP contribution in [-0.2, 0) is 13.2 Å². The predicted octanol–water partition coefficient (Wildman–Crippen LogP) is 4.31. The van der Waals surface area contributed by atoms with E-state index in [2.05, 4.69) is 22.1 Å². The maximum Gasteiger partial charge on any atom is 0.254 e. The highest BCUT2D eigenvalue weighted by Crippen LogP contribution is 2.20. The Morgan fingerprint density at radius 3 is 2.80 bits per heavy atom. The Bertz CT molecular complexity index is 1020. The van der Waals surface area contributed by atoms with Crippen molar-refractivity contribution in [1.29, 1.82) is 0 Å². The molecule has 0 saturated carbocycles. The monoisotopic (exact) mass is 425 g/mol. The minimum absolute atomic E-state index is 0.129. The Balaban J connectivity index is 1.74. The zero-order chi connectivity index (χ0) is 21.5. The van der Waals surface area contributed by atoms with Gasteiger partial charge in [-0.05, 0) is 54.1 Å². The molecule has 0 N–H and O–H groups in total. The molecule has 3 rings (SSSR count). The lowest BCUT2D eigenvalue weighted by molar-refractivity contribution is 0.0762. The number of hydrogen-bond acceptors (Lipinski definition) is 5. The average molecular weight is 426 g/mol. The number of ether oxygens (including phenoxy) is 1. The second kappa shape index (κ2) is 10.0. The first-order chi connectivity index (χ1) is 14.5. The summed E-state index contributed by atoms with van der Waals surface area (Å²) in [5.41, 5.74) is 1.40. The van der Waals surface area contributed by atoms with E-state index in [-0.39, 0.29) is 18.6 Å². The Hall–Kier alpha value is -3.19. The van der Waals surface area contributed by atoms with E-state index in [1.165, 1.54) is 0 Å². The van der Waals surface area contributed by atoms with Crippen LogP contribution in [0, 0.1) is 0 Å². The molecule has 7 nitrogen and oxygen atoms in total. The molecule has 0 bridgehead atoms. The summed E-state index contributed by atoms with van der Waals surface area (Å²) in [7, 11) is 0.